The molecule has 3 rings (SSSR count). The van der Waals surface area contributed by atoms with Crippen LogP contribution in [0.25, 0.3) is 0 Å². The predicted molar refractivity (Wildman–Crippen MR) is 106 cm³/mol. The fraction of sp³-hybridized carbons (Fsp3) is 0. The first-order chi connectivity index (χ1) is 13.5. The van der Waals surface area contributed by atoms with Crippen molar-refractivity contribution < 1.29 is 9.72 Å². The van der Waals surface area contributed by atoms with E-state index in [4.69, 9.17) is 23.2 Å². The number of hydrogen-bond acceptors (Lipinski definition) is 7. The molecule has 1 heterocycles. The molecule has 9 nitrogen and oxygen atoms in total. The van der Waals surface area contributed by atoms with Gasteiger partial charge in [-0.05, 0) is 36.4 Å². The molecular weight excluding hydrogens is 407 g/mol. The van der Waals surface area contributed by atoms with Gasteiger partial charge in [0.05, 0.1) is 15.6 Å². The normalized spacial score (nSPS) is 10.2. The Morgan fingerprint density at radius 1 is 1.00 bits per heavy atom. The van der Waals surface area contributed by atoms with E-state index in [1.165, 1.54) is 12.1 Å². The predicted octanol–water partition coefficient (Wildman–Crippen LogP) is 4.19. The van der Waals surface area contributed by atoms with Crippen LogP contribution < -0.4 is 16.2 Å². The summed E-state index contributed by atoms with van der Waals surface area (Å²) in [6, 6.07) is 12.8. The molecule has 0 aliphatic rings. The number of nitro groups is 1. The summed E-state index contributed by atoms with van der Waals surface area (Å²) in [5.74, 6) is -0.807. The lowest BCUT2D eigenvalue weighted by molar-refractivity contribution is -0.383. The van der Waals surface area contributed by atoms with E-state index in [1.807, 2.05) is 0 Å². The summed E-state index contributed by atoms with van der Waals surface area (Å²) < 4.78 is 0. The number of benzene rings is 2. The zero-order valence-electron chi connectivity index (χ0n) is 14.0. The average Bonchev–Trinajstić information content (AvgIpc) is 2.68. The molecule has 2 aromatic carbocycles. The number of rotatable bonds is 6. The third-order valence-electron chi connectivity index (χ3n) is 3.53. The molecule has 28 heavy (non-hydrogen) atoms. The largest absolute Gasteiger partial charge is 0.355 e. The van der Waals surface area contributed by atoms with Gasteiger partial charge in [-0.2, -0.15) is 0 Å². The molecule has 0 saturated heterocycles. The van der Waals surface area contributed by atoms with Crippen molar-refractivity contribution in [2.24, 2.45) is 0 Å². The summed E-state index contributed by atoms with van der Waals surface area (Å²) in [5.41, 5.74) is 5.08. The minimum absolute atomic E-state index is 0.0867. The highest BCUT2D eigenvalue weighted by atomic mass is 35.5. The highest BCUT2D eigenvalue weighted by Crippen LogP contribution is 2.32. The molecule has 142 valence electrons. The Morgan fingerprint density at radius 2 is 1.68 bits per heavy atom. The first-order valence-electron chi connectivity index (χ1n) is 7.78. The van der Waals surface area contributed by atoms with Crippen molar-refractivity contribution in [2.45, 2.75) is 0 Å². The zero-order chi connectivity index (χ0) is 20.1. The number of hydrogen-bond donors (Lipinski definition) is 3. The number of halogens is 2. The average molecular weight is 419 g/mol. The van der Waals surface area contributed by atoms with Crippen LogP contribution in [-0.4, -0.2) is 20.8 Å². The molecule has 3 aromatic rings. The molecule has 0 bridgehead atoms. The Morgan fingerprint density at radius 3 is 2.36 bits per heavy atom. The Labute approximate surface area is 168 Å². The fourth-order valence-electron chi connectivity index (χ4n) is 2.21. The number of nitrogens with zero attached hydrogens (tertiary/aromatic N) is 3. The van der Waals surface area contributed by atoms with E-state index in [9.17, 15) is 14.9 Å². The molecule has 3 N–H and O–H groups in total. The monoisotopic (exact) mass is 418 g/mol. The molecule has 1 amide bonds. The van der Waals surface area contributed by atoms with Crippen molar-refractivity contribution in [1.82, 2.24) is 15.4 Å². The van der Waals surface area contributed by atoms with Crippen LogP contribution in [0.5, 0.6) is 0 Å². The van der Waals surface area contributed by atoms with E-state index < -0.39 is 16.5 Å². The Balaban J connectivity index is 1.83. The van der Waals surface area contributed by atoms with Crippen LogP contribution in [-0.2, 0) is 0 Å². The molecule has 0 spiro atoms. The molecule has 11 heteroatoms. The highest BCUT2D eigenvalue weighted by Gasteiger charge is 2.24. The Hall–Kier alpha value is -3.43. The number of nitrogens with one attached hydrogen (secondary N) is 3. The summed E-state index contributed by atoms with van der Waals surface area (Å²) in [7, 11) is 0. The maximum absolute atomic E-state index is 12.2. The van der Waals surface area contributed by atoms with Gasteiger partial charge in [0, 0.05) is 10.6 Å². The van der Waals surface area contributed by atoms with E-state index >= 15 is 0 Å². The number of amides is 1. The minimum Gasteiger partial charge on any atom is -0.333 e. The second-order valence-corrected chi connectivity index (χ2v) is 6.21. The van der Waals surface area contributed by atoms with Crippen LogP contribution >= 0.6 is 23.2 Å². The van der Waals surface area contributed by atoms with E-state index in [-0.39, 0.29) is 11.6 Å². The number of carbonyl (C=O) groups is 1. The van der Waals surface area contributed by atoms with Gasteiger partial charge in [0.25, 0.3) is 5.91 Å². The van der Waals surface area contributed by atoms with Gasteiger partial charge in [0.2, 0.25) is 11.6 Å². The molecule has 0 saturated carbocycles. The van der Waals surface area contributed by atoms with Gasteiger partial charge in [-0.3, -0.25) is 25.8 Å². The van der Waals surface area contributed by atoms with Gasteiger partial charge in [0.15, 0.2) is 0 Å². The van der Waals surface area contributed by atoms with Gasteiger partial charge in [-0.25, -0.2) is 9.97 Å². The first kappa shape index (κ1) is 19.3. The van der Waals surface area contributed by atoms with E-state index in [2.05, 4.69) is 26.1 Å². The number of carbonyl (C=O) groups excluding carboxylic acids is 1. The molecular formula is C17H12Cl2N6O3. The second kappa shape index (κ2) is 8.51. The zero-order valence-corrected chi connectivity index (χ0v) is 15.5. The summed E-state index contributed by atoms with van der Waals surface area (Å²) in [5, 5.41) is 15.2. The van der Waals surface area contributed by atoms with Gasteiger partial charge < -0.3 is 5.32 Å². The summed E-state index contributed by atoms with van der Waals surface area (Å²) in [6.45, 7) is 0. The molecule has 0 aliphatic carbocycles. The van der Waals surface area contributed by atoms with Crippen molar-refractivity contribution in [3.05, 3.63) is 80.6 Å². The molecule has 0 radical (unpaired) electrons. The number of hydrazine groups is 1. The van der Waals surface area contributed by atoms with Crippen LogP contribution in [0, 0.1) is 10.1 Å². The lowest BCUT2D eigenvalue weighted by atomic mass is 10.2. The van der Waals surface area contributed by atoms with Crippen LogP contribution in [0.4, 0.5) is 23.0 Å². The molecule has 1 aromatic heterocycles. The lowest BCUT2D eigenvalue weighted by Crippen LogP contribution is -2.30. The number of anilines is 3. The van der Waals surface area contributed by atoms with Gasteiger partial charge in [-0.15, -0.1) is 0 Å². The van der Waals surface area contributed by atoms with E-state index in [0.717, 1.165) is 6.33 Å². The highest BCUT2D eigenvalue weighted by molar-refractivity contribution is 6.33. The summed E-state index contributed by atoms with van der Waals surface area (Å²) >= 11 is 11.9. The number of aromatic nitrogens is 2. The molecule has 0 fully saturated rings. The third kappa shape index (κ3) is 4.45. The SMILES string of the molecule is O=C(NNc1ncnc(Nc2ccccc2Cl)c1[N+](=O)[O-])c1ccc(Cl)cc1. The van der Waals surface area contributed by atoms with Crippen LogP contribution in [0.15, 0.2) is 54.9 Å². The van der Waals surface area contributed by atoms with Crippen molar-refractivity contribution in [2.75, 3.05) is 10.7 Å². The van der Waals surface area contributed by atoms with Crippen molar-refractivity contribution in [3.63, 3.8) is 0 Å². The summed E-state index contributed by atoms with van der Waals surface area (Å²) in [6.07, 6.45) is 1.11. The fourth-order valence-corrected chi connectivity index (χ4v) is 2.52. The summed E-state index contributed by atoms with van der Waals surface area (Å²) in [4.78, 5) is 30.8. The first-order valence-corrected chi connectivity index (χ1v) is 8.54. The van der Waals surface area contributed by atoms with Crippen LogP contribution in [0.2, 0.25) is 10.0 Å². The van der Waals surface area contributed by atoms with Gasteiger partial charge in [-0.1, -0.05) is 35.3 Å². The lowest BCUT2D eigenvalue weighted by Gasteiger charge is -2.11. The third-order valence-corrected chi connectivity index (χ3v) is 4.11. The number of para-hydroxylation sites is 1. The molecule has 0 aliphatic heterocycles. The van der Waals surface area contributed by atoms with Crippen LogP contribution in [0.3, 0.4) is 0 Å². The maximum atomic E-state index is 12.2. The maximum Gasteiger partial charge on any atom is 0.355 e. The topological polar surface area (TPSA) is 122 Å². The standard InChI is InChI=1S/C17H12Cl2N6O3/c18-11-7-5-10(6-8-11)17(26)24-23-16-14(25(27)28)15(20-9-21-16)22-13-4-2-1-3-12(13)19/h1-9H,(H,24,26)(H2,20,21,22,23). The van der Waals surface area contributed by atoms with Crippen LogP contribution in [0.1, 0.15) is 10.4 Å². The molecule has 0 atom stereocenters. The van der Waals surface area contributed by atoms with Gasteiger partial charge >= 0.3 is 5.69 Å². The quantitative estimate of drug-likeness (QED) is 0.405. The molecule has 0 unspecified atom stereocenters. The second-order valence-electron chi connectivity index (χ2n) is 5.37. The van der Waals surface area contributed by atoms with E-state index in [0.29, 0.717) is 21.3 Å². The minimum atomic E-state index is -0.671. The van der Waals surface area contributed by atoms with E-state index in [1.54, 1.807) is 36.4 Å². The Bertz CT molecular complexity index is 1030. The Kier molecular flexibility index (Phi) is 5.87. The van der Waals surface area contributed by atoms with Crippen molar-refractivity contribution >= 4 is 52.1 Å². The van der Waals surface area contributed by atoms with Crippen molar-refractivity contribution in [3.8, 4) is 0 Å². The van der Waals surface area contributed by atoms with Crippen molar-refractivity contribution in [1.29, 1.82) is 0 Å². The van der Waals surface area contributed by atoms with Gasteiger partial charge in [0.1, 0.15) is 6.33 Å². The smallest absolute Gasteiger partial charge is 0.333 e.